The number of nitrogens with one attached hydrogen (secondary N) is 1. The predicted molar refractivity (Wildman–Crippen MR) is 74.5 cm³/mol. The summed E-state index contributed by atoms with van der Waals surface area (Å²) in [5, 5.41) is 7.28. The minimum atomic E-state index is -0.120. The Morgan fingerprint density at radius 1 is 1.58 bits per heavy atom. The van der Waals surface area contributed by atoms with E-state index in [4.69, 9.17) is 0 Å². The van der Waals surface area contributed by atoms with Gasteiger partial charge in [-0.15, -0.1) is 0 Å². The molecule has 7 heteroatoms. The molecule has 6 nitrogen and oxygen atoms in total. The van der Waals surface area contributed by atoms with Gasteiger partial charge in [-0.05, 0) is 33.5 Å². The molecule has 0 radical (unpaired) electrons. The zero-order chi connectivity index (χ0) is 13.8. The highest BCUT2D eigenvalue weighted by molar-refractivity contribution is 7.08. The number of aromatic amines is 1. The summed E-state index contributed by atoms with van der Waals surface area (Å²) in [6, 6.07) is 0. The Morgan fingerprint density at radius 3 is 3.00 bits per heavy atom. The summed E-state index contributed by atoms with van der Waals surface area (Å²) >= 11 is 1.15. The van der Waals surface area contributed by atoms with Gasteiger partial charge in [0.1, 0.15) is 5.01 Å². The number of likely N-dealkylation sites (tertiary alicyclic amines) is 1. The van der Waals surface area contributed by atoms with Gasteiger partial charge in [0.05, 0.1) is 0 Å². The number of carbonyl (C=O) groups is 1. The first kappa shape index (κ1) is 14.2. The summed E-state index contributed by atoms with van der Waals surface area (Å²) in [5.74, 6) is 0.439. The number of hydrogen-bond acceptors (Lipinski definition) is 5. The Bertz CT molecular complexity index is 482. The molecule has 1 aliphatic rings. The van der Waals surface area contributed by atoms with Gasteiger partial charge in [-0.3, -0.25) is 9.59 Å². The number of amides is 1. The van der Waals surface area contributed by atoms with Crippen molar-refractivity contribution in [2.24, 2.45) is 0 Å². The third-order valence-electron chi connectivity index (χ3n) is 3.34. The summed E-state index contributed by atoms with van der Waals surface area (Å²) in [7, 11) is 4.02. The maximum Gasteiger partial charge on any atom is 0.322 e. The van der Waals surface area contributed by atoms with Gasteiger partial charge in [-0.25, -0.2) is 5.10 Å². The second-order valence-electron chi connectivity index (χ2n) is 5.18. The number of carbonyl (C=O) groups excluding carboxylic acids is 1. The summed E-state index contributed by atoms with van der Waals surface area (Å²) in [4.78, 5) is 27.0. The molecule has 1 saturated heterocycles. The molecule has 0 bridgehead atoms. The first-order chi connectivity index (χ1) is 9.06. The van der Waals surface area contributed by atoms with E-state index in [1.807, 2.05) is 19.0 Å². The average molecular weight is 284 g/mol. The number of rotatable bonds is 5. The number of nitrogens with zero attached hydrogens (tertiary/aromatic N) is 3. The summed E-state index contributed by atoms with van der Waals surface area (Å²) in [5.41, 5.74) is 0. The van der Waals surface area contributed by atoms with Crippen molar-refractivity contribution >= 4 is 17.2 Å². The maximum atomic E-state index is 12.0. The van der Waals surface area contributed by atoms with Crippen LogP contribution in [0.4, 0.5) is 0 Å². The van der Waals surface area contributed by atoms with Crippen LogP contribution in [-0.2, 0) is 4.79 Å². The van der Waals surface area contributed by atoms with Gasteiger partial charge in [0.2, 0.25) is 5.91 Å². The van der Waals surface area contributed by atoms with Gasteiger partial charge < -0.3 is 9.80 Å². The predicted octanol–water partition coefficient (Wildman–Crippen LogP) is 0.489. The van der Waals surface area contributed by atoms with Crippen LogP contribution in [0, 0.1) is 0 Å². The largest absolute Gasteiger partial charge is 0.342 e. The number of hydrogen-bond donors (Lipinski definition) is 1. The Labute approximate surface area is 116 Å². The third kappa shape index (κ3) is 3.87. The van der Waals surface area contributed by atoms with Gasteiger partial charge in [0.15, 0.2) is 0 Å². The Kier molecular flexibility index (Phi) is 4.71. The molecule has 1 fully saturated rings. The first-order valence-electron chi connectivity index (χ1n) is 6.54. The van der Waals surface area contributed by atoms with Gasteiger partial charge >= 0.3 is 4.87 Å². The van der Waals surface area contributed by atoms with Gasteiger partial charge in [0.25, 0.3) is 0 Å². The van der Waals surface area contributed by atoms with Gasteiger partial charge in [0, 0.05) is 25.4 Å². The van der Waals surface area contributed by atoms with E-state index in [0.717, 1.165) is 42.3 Å². The number of H-pyrrole nitrogens is 1. The Balaban J connectivity index is 1.81. The van der Waals surface area contributed by atoms with Crippen molar-refractivity contribution in [3.8, 4) is 0 Å². The smallest absolute Gasteiger partial charge is 0.322 e. The molecule has 0 aromatic carbocycles. The van der Waals surface area contributed by atoms with E-state index in [9.17, 15) is 9.59 Å². The van der Waals surface area contributed by atoms with Crippen molar-refractivity contribution in [1.29, 1.82) is 0 Å². The van der Waals surface area contributed by atoms with Crippen LogP contribution in [0.1, 0.15) is 30.2 Å². The van der Waals surface area contributed by atoms with Crippen LogP contribution in [-0.4, -0.2) is 59.6 Å². The topological polar surface area (TPSA) is 69.3 Å². The molecular weight excluding hydrogens is 264 g/mol. The lowest BCUT2D eigenvalue weighted by atomic mass is 10.1. The fourth-order valence-electron chi connectivity index (χ4n) is 2.31. The molecule has 1 N–H and O–H groups in total. The normalized spacial score (nSPS) is 19.3. The third-order valence-corrected chi connectivity index (χ3v) is 4.25. The molecule has 0 spiro atoms. The zero-order valence-corrected chi connectivity index (χ0v) is 12.2. The zero-order valence-electron chi connectivity index (χ0n) is 11.4. The first-order valence-corrected chi connectivity index (χ1v) is 7.36. The van der Waals surface area contributed by atoms with Crippen LogP contribution < -0.4 is 4.87 Å². The second-order valence-corrected chi connectivity index (χ2v) is 6.18. The van der Waals surface area contributed by atoms with Crippen LogP contribution >= 0.6 is 11.3 Å². The van der Waals surface area contributed by atoms with E-state index < -0.39 is 0 Å². The SMILES string of the molecule is CN(C)CCCC(=O)N1CC[C@@H](c2n[nH]c(=O)s2)C1. The van der Waals surface area contributed by atoms with Gasteiger partial charge in [-0.1, -0.05) is 11.3 Å². The van der Waals surface area contributed by atoms with Crippen LogP contribution in [0.5, 0.6) is 0 Å². The molecule has 0 unspecified atom stereocenters. The lowest BCUT2D eigenvalue weighted by molar-refractivity contribution is -0.130. The Morgan fingerprint density at radius 2 is 2.37 bits per heavy atom. The lowest BCUT2D eigenvalue weighted by Gasteiger charge is -2.16. The molecule has 106 valence electrons. The second kappa shape index (κ2) is 6.29. The molecule has 1 aromatic heterocycles. The van der Waals surface area contributed by atoms with Crippen LogP contribution in [0.3, 0.4) is 0 Å². The van der Waals surface area contributed by atoms with E-state index in [1.165, 1.54) is 0 Å². The average Bonchev–Trinajstić information content (AvgIpc) is 2.96. The molecule has 1 aromatic rings. The summed E-state index contributed by atoms with van der Waals surface area (Å²) in [6.45, 7) is 2.41. The molecule has 0 aliphatic carbocycles. The molecule has 19 heavy (non-hydrogen) atoms. The van der Waals surface area contributed by atoms with Crippen molar-refractivity contribution in [3.63, 3.8) is 0 Å². The van der Waals surface area contributed by atoms with Crippen molar-refractivity contribution in [2.45, 2.75) is 25.2 Å². The number of aromatic nitrogens is 2. The summed E-state index contributed by atoms with van der Waals surface area (Å²) < 4.78 is 0. The summed E-state index contributed by atoms with van der Waals surface area (Å²) in [6.07, 6.45) is 2.39. The van der Waals surface area contributed by atoms with Crippen molar-refractivity contribution in [2.75, 3.05) is 33.7 Å². The van der Waals surface area contributed by atoms with E-state index in [0.29, 0.717) is 13.0 Å². The van der Waals surface area contributed by atoms with Crippen molar-refractivity contribution in [1.82, 2.24) is 20.0 Å². The molecule has 1 atom stereocenters. The quantitative estimate of drug-likeness (QED) is 0.854. The highest BCUT2D eigenvalue weighted by Gasteiger charge is 2.29. The van der Waals surface area contributed by atoms with Crippen LogP contribution in [0.25, 0.3) is 0 Å². The van der Waals surface area contributed by atoms with E-state index in [1.54, 1.807) is 0 Å². The molecule has 1 amide bonds. The standard InChI is InChI=1S/C12H20N4O2S/c1-15(2)6-3-4-10(17)16-7-5-9(8-16)11-13-14-12(18)19-11/h9H,3-8H2,1-2H3,(H,14,18)/t9-/m1/s1. The molecule has 2 heterocycles. The van der Waals surface area contributed by atoms with Crippen LogP contribution in [0.2, 0.25) is 0 Å². The molecular formula is C12H20N4O2S. The highest BCUT2D eigenvalue weighted by Crippen LogP contribution is 2.27. The van der Waals surface area contributed by atoms with Crippen molar-refractivity contribution in [3.05, 3.63) is 14.7 Å². The van der Waals surface area contributed by atoms with Crippen molar-refractivity contribution < 1.29 is 4.79 Å². The van der Waals surface area contributed by atoms with E-state index >= 15 is 0 Å². The fraction of sp³-hybridized carbons (Fsp3) is 0.750. The van der Waals surface area contributed by atoms with Gasteiger partial charge in [-0.2, -0.15) is 5.10 Å². The molecule has 1 aliphatic heterocycles. The lowest BCUT2D eigenvalue weighted by Crippen LogP contribution is -2.29. The van der Waals surface area contributed by atoms with Crippen LogP contribution in [0.15, 0.2) is 4.79 Å². The maximum absolute atomic E-state index is 12.0. The minimum absolute atomic E-state index is 0.120. The molecule has 0 saturated carbocycles. The molecule has 2 rings (SSSR count). The fourth-order valence-corrected chi connectivity index (χ4v) is 3.04. The Hall–Kier alpha value is -1.21. The van der Waals surface area contributed by atoms with E-state index in [2.05, 4.69) is 15.1 Å². The minimum Gasteiger partial charge on any atom is -0.342 e. The highest BCUT2D eigenvalue weighted by atomic mass is 32.1. The van der Waals surface area contributed by atoms with E-state index in [-0.39, 0.29) is 16.7 Å². The monoisotopic (exact) mass is 284 g/mol.